The third kappa shape index (κ3) is 4.26. The third-order valence-corrected chi connectivity index (χ3v) is 9.19. The van der Waals surface area contributed by atoms with Crippen molar-refractivity contribution >= 4 is 0 Å². The van der Waals surface area contributed by atoms with E-state index >= 15 is 0 Å². The molecule has 192 valence electrons. The molecule has 3 nitrogen and oxygen atoms in total. The van der Waals surface area contributed by atoms with Gasteiger partial charge in [0.15, 0.2) is 5.79 Å². The van der Waals surface area contributed by atoms with Crippen molar-refractivity contribution in [1.29, 1.82) is 0 Å². The molecule has 0 unspecified atom stereocenters. The van der Waals surface area contributed by atoms with E-state index in [2.05, 4.69) is 59.5 Å². The van der Waals surface area contributed by atoms with Gasteiger partial charge in [-0.15, -0.1) is 0 Å². The van der Waals surface area contributed by atoms with Crippen LogP contribution in [0, 0.1) is 0 Å². The third-order valence-electron chi connectivity index (χ3n) is 9.19. The Morgan fingerprint density at radius 2 is 1.22 bits per heavy atom. The largest absolute Gasteiger partial charge is 0.349 e. The molecule has 0 amide bonds. The van der Waals surface area contributed by atoms with Gasteiger partial charge in [-0.05, 0) is 115 Å². The maximum atomic E-state index is 6.66. The van der Waals surface area contributed by atoms with Crippen molar-refractivity contribution in [3.8, 4) is 11.1 Å². The predicted octanol–water partition coefficient (Wildman–Crippen LogP) is 7.32. The van der Waals surface area contributed by atoms with Gasteiger partial charge >= 0.3 is 0 Å². The number of rotatable bonds is 2. The summed E-state index contributed by atoms with van der Waals surface area (Å²) in [4.78, 5) is 2.65. The molecular weight excluding hydrogens is 454 g/mol. The van der Waals surface area contributed by atoms with Crippen molar-refractivity contribution in [3.05, 3.63) is 93.5 Å². The fraction of sp³-hybridized carbons (Fsp3) is 0.471. The molecule has 37 heavy (non-hydrogen) atoms. The number of hydrogen-bond donors (Lipinski definition) is 0. The Bertz CT molecular complexity index is 1240. The molecule has 1 fully saturated rings. The van der Waals surface area contributed by atoms with Crippen molar-refractivity contribution in [2.45, 2.75) is 96.2 Å². The molecule has 1 saturated heterocycles. The van der Waals surface area contributed by atoms with Crippen molar-refractivity contribution in [3.63, 3.8) is 0 Å². The van der Waals surface area contributed by atoms with Gasteiger partial charge in [0.05, 0.1) is 12.6 Å². The van der Waals surface area contributed by atoms with Gasteiger partial charge in [-0.2, -0.15) is 0 Å². The summed E-state index contributed by atoms with van der Waals surface area (Å²) < 4.78 is 13.0. The van der Waals surface area contributed by atoms with E-state index < -0.39 is 5.79 Å². The first-order chi connectivity index (χ1) is 18.1. The number of aryl methyl sites for hydroxylation is 2. The van der Waals surface area contributed by atoms with Gasteiger partial charge in [-0.3, -0.25) is 4.90 Å². The number of nitrogens with zero attached hydrogens (tertiary/aromatic N) is 1. The van der Waals surface area contributed by atoms with Gasteiger partial charge in [0, 0.05) is 13.1 Å². The van der Waals surface area contributed by atoms with E-state index in [1.807, 2.05) is 13.8 Å². The number of ether oxygens (including phenoxy) is 2. The summed E-state index contributed by atoms with van der Waals surface area (Å²) in [5, 5.41) is 0. The van der Waals surface area contributed by atoms with Crippen molar-refractivity contribution < 1.29 is 9.47 Å². The molecule has 7 rings (SSSR count). The van der Waals surface area contributed by atoms with Crippen LogP contribution in [0.25, 0.3) is 11.1 Å². The fourth-order valence-corrected chi connectivity index (χ4v) is 7.39. The SMILES string of the molecule is CC1(C)OC[C@H](N2Cc3ccc4c(c3-c3c(ccc5c3CCCC5)C2)CCCC4)[C@H](c2ccccc2)O1. The zero-order chi connectivity index (χ0) is 25.0. The van der Waals surface area contributed by atoms with Crippen LogP contribution in [-0.2, 0) is 48.2 Å². The van der Waals surface area contributed by atoms with Gasteiger partial charge in [0.1, 0.15) is 6.10 Å². The second kappa shape index (κ2) is 9.38. The molecule has 4 aliphatic rings. The van der Waals surface area contributed by atoms with Gasteiger partial charge in [-0.1, -0.05) is 54.6 Å². The smallest absolute Gasteiger partial charge is 0.163 e. The molecule has 0 radical (unpaired) electrons. The highest BCUT2D eigenvalue weighted by molar-refractivity contribution is 5.80. The first kappa shape index (κ1) is 23.6. The average Bonchev–Trinajstić information content (AvgIpc) is 3.10. The topological polar surface area (TPSA) is 21.7 Å². The lowest BCUT2D eigenvalue weighted by atomic mass is 9.78. The van der Waals surface area contributed by atoms with E-state index in [0.717, 1.165) is 13.1 Å². The molecule has 2 atom stereocenters. The quantitative estimate of drug-likeness (QED) is 0.373. The number of hydrogen-bond acceptors (Lipinski definition) is 3. The van der Waals surface area contributed by atoms with Crippen LogP contribution in [0.15, 0.2) is 54.6 Å². The summed E-state index contributed by atoms with van der Waals surface area (Å²) in [5.74, 6) is -0.586. The summed E-state index contributed by atoms with van der Waals surface area (Å²) in [5.41, 5.74) is 13.9. The van der Waals surface area contributed by atoms with E-state index in [-0.39, 0.29) is 12.1 Å². The monoisotopic (exact) mass is 493 g/mol. The van der Waals surface area contributed by atoms with Gasteiger partial charge in [0.25, 0.3) is 0 Å². The summed E-state index contributed by atoms with van der Waals surface area (Å²) >= 11 is 0. The first-order valence-electron chi connectivity index (χ1n) is 14.5. The Kier molecular flexibility index (Phi) is 5.99. The van der Waals surface area contributed by atoms with Crippen LogP contribution < -0.4 is 0 Å². The highest BCUT2D eigenvalue weighted by atomic mass is 16.7. The number of benzene rings is 3. The molecule has 2 aliphatic heterocycles. The van der Waals surface area contributed by atoms with Gasteiger partial charge in [-0.25, -0.2) is 0 Å². The first-order valence-corrected chi connectivity index (χ1v) is 14.5. The zero-order valence-corrected chi connectivity index (χ0v) is 22.4. The Balaban J connectivity index is 1.37. The minimum atomic E-state index is -0.586. The maximum absolute atomic E-state index is 6.66. The lowest BCUT2D eigenvalue weighted by Gasteiger charge is -2.45. The van der Waals surface area contributed by atoms with Crippen LogP contribution >= 0.6 is 0 Å². The molecule has 3 aromatic carbocycles. The highest BCUT2D eigenvalue weighted by Crippen LogP contribution is 2.45. The minimum Gasteiger partial charge on any atom is -0.349 e. The molecule has 0 N–H and O–H groups in total. The molecule has 0 saturated carbocycles. The summed E-state index contributed by atoms with van der Waals surface area (Å²) in [7, 11) is 0. The van der Waals surface area contributed by atoms with E-state index in [9.17, 15) is 0 Å². The van der Waals surface area contributed by atoms with E-state index in [0.29, 0.717) is 6.61 Å². The highest BCUT2D eigenvalue weighted by Gasteiger charge is 2.41. The van der Waals surface area contributed by atoms with Crippen molar-refractivity contribution in [1.82, 2.24) is 4.90 Å². The summed E-state index contributed by atoms with van der Waals surface area (Å²) in [6.07, 6.45) is 10.1. The summed E-state index contributed by atoms with van der Waals surface area (Å²) in [6.45, 7) is 6.64. The second-order valence-corrected chi connectivity index (χ2v) is 12.0. The standard InChI is InChI=1S/C34H39NO2/c1-34(2)36-22-30(33(37-34)25-12-4-3-5-13-25)35-20-26-18-16-23-10-6-8-14-28(23)31(26)32-27(21-35)19-17-24-11-7-9-15-29(24)32/h3-5,12-13,16-19,30,33H,6-11,14-15,20-22H2,1-2H3/t30-,33-/m0/s1. The van der Waals surface area contributed by atoms with Crippen LogP contribution in [-0.4, -0.2) is 23.3 Å². The Labute approximate surface area is 221 Å². The molecule has 2 heterocycles. The van der Waals surface area contributed by atoms with E-state index in [4.69, 9.17) is 9.47 Å². The molecule has 0 spiro atoms. The van der Waals surface area contributed by atoms with Crippen LogP contribution in [0.4, 0.5) is 0 Å². The van der Waals surface area contributed by atoms with Crippen LogP contribution in [0.1, 0.15) is 84.6 Å². The molecule has 2 aliphatic carbocycles. The Hall–Kier alpha value is -2.46. The molecule has 0 aromatic heterocycles. The Morgan fingerprint density at radius 1 is 0.676 bits per heavy atom. The van der Waals surface area contributed by atoms with Crippen LogP contribution in [0.2, 0.25) is 0 Å². The fourth-order valence-electron chi connectivity index (χ4n) is 7.39. The molecular formula is C34H39NO2. The Morgan fingerprint density at radius 3 is 1.81 bits per heavy atom. The molecule has 0 bridgehead atoms. The van der Waals surface area contributed by atoms with E-state index in [1.165, 1.54) is 68.1 Å². The van der Waals surface area contributed by atoms with E-state index in [1.54, 1.807) is 33.4 Å². The molecule has 3 heteroatoms. The second-order valence-electron chi connectivity index (χ2n) is 12.0. The summed E-state index contributed by atoms with van der Waals surface area (Å²) in [6, 6.07) is 20.7. The predicted molar refractivity (Wildman–Crippen MR) is 148 cm³/mol. The lowest BCUT2D eigenvalue weighted by Crippen LogP contribution is -2.51. The normalized spacial score (nSPS) is 24.8. The minimum absolute atomic E-state index is 0.0230. The number of fused-ring (bicyclic) bond motifs is 7. The van der Waals surface area contributed by atoms with Crippen LogP contribution in [0.3, 0.4) is 0 Å². The maximum Gasteiger partial charge on any atom is 0.163 e. The lowest BCUT2D eigenvalue weighted by molar-refractivity contribution is -0.298. The zero-order valence-electron chi connectivity index (χ0n) is 22.4. The molecule has 3 aromatic rings. The van der Waals surface area contributed by atoms with Gasteiger partial charge in [0.2, 0.25) is 0 Å². The average molecular weight is 494 g/mol. The van der Waals surface area contributed by atoms with Crippen molar-refractivity contribution in [2.24, 2.45) is 0 Å². The van der Waals surface area contributed by atoms with Crippen molar-refractivity contribution in [2.75, 3.05) is 6.61 Å². The van der Waals surface area contributed by atoms with Crippen LogP contribution in [0.5, 0.6) is 0 Å². The van der Waals surface area contributed by atoms with Gasteiger partial charge < -0.3 is 9.47 Å².